The molecule has 0 amide bonds. The standard InChI is InChI=1S/C21H25.C9H13.C2H6Si.2ClH.Ti/c1-20(2,3)16-7-9-18-14(12-16)11-15-13-17(21(4,5)6)8-10-19(15)18;1-3-8-5-6-9(4-2)7-8;1-3-2;;;/h7-13H,1-6H3;7H,3-5H2,1-2H3;1-2H3;2*1H;/q;;;;;+2/p-2. The smallest absolute Gasteiger partial charge is 1.00 e. The molecular weight excluding hydrogens is 531 g/mol. The minimum Gasteiger partial charge on any atom is -1.00 e. The van der Waals surface area contributed by atoms with Gasteiger partial charge >= 0.3 is 216 Å². The van der Waals surface area contributed by atoms with E-state index < -0.39 is 22.8 Å². The molecule has 0 saturated carbocycles. The minimum atomic E-state index is -1.61. The summed E-state index contributed by atoms with van der Waals surface area (Å²) in [6.07, 6.45) is 5.83. The van der Waals surface area contributed by atoms with E-state index in [1.165, 1.54) is 41.5 Å². The van der Waals surface area contributed by atoms with Gasteiger partial charge in [0.15, 0.2) is 0 Å². The van der Waals surface area contributed by atoms with Crippen LogP contribution in [0.3, 0.4) is 0 Å². The van der Waals surface area contributed by atoms with E-state index in [0.29, 0.717) is 4.22 Å². The van der Waals surface area contributed by atoms with Crippen LogP contribution < -0.4 is 24.8 Å². The van der Waals surface area contributed by atoms with E-state index in [-0.39, 0.29) is 35.6 Å². The monoisotopic (exact) mass is 574 g/mol. The fraction of sp³-hybridized carbons (Fsp3) is 0.500. The third-order valence-electron chi connectivity index (χ3n) is 7.90. The van der Waals surface area contributed by atoms with Crippen LogP contribution in [0.5, 0.6) is 0 Å². The Morgan fingerprint density at radius 3 is 1.61 bits per heavy atom. The Morgan fingerprint density at radius 1 is 0.778 bits per heavy atom. The van der Waals surface area contributed by atoms with E-state index in [2.05, 4.69) is 111 Å². The largest absolute Gasteiger partial charge is 1.00 e. The normalized spacial score (nSPS) is 14.9. The maximum absolute atomic E-state index is 2.63. The predicted molar refractivity (Wildman–Crippen MR) is 149 cm³/mol. The van der Waals surface area contributed by atoms with Crippen molar-refractivity contribution in [1.82, 2.24) is 0 Å². The van der Waals surface area contributed by atoms with E-state index in [1.54, 1.807) is 22.3 Å². The Kier molecular flexibility index (Phi) is 10.3. The van der Waals surface area contributed by atoms with Crippen molar-refractivity contribution in [2.45, 2.75) is 103 Å². The zero-order valence-electron chi connectivity index (χ0n) is 24.0. The summed E-state index contributed by atoms with van der Waals surface area (Å²) in [5, 5.41) is 0. The number of benzene rings is 2. The molecule has 0 heterocycles. The van der Waals surface area contributed by atoms with E-state index in [1.807, 2.05) is 3.88 Å². The molecule has 0 N–H and O–H groups in total. The topological polar surface area (TPSA) is 0 Å². The molecule has 194 valence electrons. The number of rotatable bonds is 4. The van der Waals surface area contributed by atoms with Crippen molar-refractivity contribution in [2.75, 3.05) is 0 Å². The quantitative estimate of drug-likeness (QED) is 0.489. The van der Waals surface area contributed by atoms with E-state index in [9.17, 15) is 0 Å². The van der Waals surface area contributed by atoms with Crippen LogP contribution in [0.25, 0.3) is 11.1 Å². The van der Waals surface area contributed by atoms with Gasteiger partial charge in [-0.05, 0) is 0 Å². The van der Waals surface area contributed by atoms with Crippen LogP contribution in [0.1, 0.15) is 101 Å². The van der Waals surface area contributed by atoms with Crippen molar-refractivity contribution < 1.29 is 41.4 Å². The van der Waals surface area contributed by atoms with Gasteiger partial charge in [0.05, 0.1) is 0 Å². The molecule has 0 atom stereocenters. The van der Waals surface area contributed by atoms with Crippen molar-refractivity contribution in [3.05, 3.63) is 79.8 Å². The van der Waals surface area contributed by atoms with Crippen LogP contribution in [0.2, 0.25) is 13.1 Å². The van der Waals surface area contributed by atoms with Crippen LogP contribution in [-0.4, -0.2) is 6.19 Å². The Labute approximate surface area is 239 Å². The average molecular weight is 576 g/mol. The van der Waals surface area contributed by atoms with Crippen LogP contribution in [0.15, 0.2) is 57.5 Å². The van der Waals surface area contributed by atoms with E-state index in [0.717, 1.165) is 0 Å². The van der Waals surface area contributed by atoms with Crippen molar-refractivity contribution >= 4 is 6.19 Å². The van der Waals surface area contributed by atoms with Crippen molar-refractivity contribution in [3.63, 3.8) is 0 Å². The Morgan fingerprint density at radius 2 is 1.25 bits per heavy atom. The number of hydrogen-bond acceptors (Lipinski definition) is 0. The van der Waals surface area contributed by atoms with Gasteiger partial charge in [0.1, 0.15) is 0 Å². The molecule has 0 fully saturated rings. The molecule has 0 bridgehead atoms. The third-order valence-corrected chi connectivity index (χ3v) is 20.1. The van der Waals surface area contributed by atoms with Gasteiger partial charge in [-0.1, -0.05) is 0 Å². The molecule has 2 aromatic carbocycles. The second-order valence-electron chi connectivity index (χ2n) is 12.6. The molecule has 2 aromatic rings. The molecule has 0 aromatic heterocycles. The molecule has 0 saturated heterocycles. The zero-order chi connectivity index (χ0) is 25.0. The second kappa shape index (κ2) is 11.7. The molecular formula is C32H44Cl2SiTi. The molecule has 2 aliphatic rings. The molecule has 0 spiro atoms. The number of halogens is 2. The van der Waals surface area contributed by atoms with Crippen molar-refractivity contribution in [3.8, 4) is 11.1 Å². The molecule has 2 aliphatic carbocycles. The maximum Gasteiger partial charge on any atom is -1.00 e. The van der Waals surface area contributed by atoms with Gasteiger partial charge in [-0.25, -0.2) is 0 Å². The molecule has 4 heteroatoms. The summed E-state index contributed by atoms with van der Waals surface area (Å²) in [6.45, 7) is 24.2. The summed E-state index contributed by atoms with van der Waals surface area (Å²) < 4.78 is 2.56. The van der Waals surface area contributed by atoms with Gasteiger partial charge in [-0.15, -0.1) is 0 Å². The van der Waals surface area contributed by atoms with Gasteiger partial charge in [0, 0.05) is 0 Å². The minimum absolute atomic E-state index is 0. The van der Waals surface area contributed by atoms with E-state index >= 15 is 0 Å². The van der Waals surface area contributed by atoms with Gasteiger partial charge in [-0.2, -0.15) is 0 Å². The zero-order valence-corrected chi connectivity index (χ0v) is 28.1. The Bertz CT molecular complexity index is 1170. The molecule has 0 aliphatic heterocycles. The average Bonchev–Trinajstić information content (AvgIpc) is 3.31. The first kappa shape index (κ1) is 31.6. The molecule has 4 rings (SSSR count). The third kappa shape index (κ3) is 5.86. The molecule has 0 radical (unpaired) electrons. The number of fused-ring (bicyclic) bond motifs is 3. The summed E-state index contributed by atoms with van der Waals surface area (Å²) in [4.78, 5) is 0. The predicted octanol–water partition coefficient (Wildman–Crippen LogP) is 3.63. The summed E-state index contributed by atoms with van der Waals surface area (Å²) in [6, 6.07) is 14.9. The first-order valence-electron chi connectivity index (χ1n) is 13.2. The summed E-state index contributed by atoms with van der Waals surface area (Å²) in [5.74, 6) is 0. The van der Waals surface area contributed by atoms with E-state index in [4.69, 9.17) is 0 Å². The SMILES string of the molecule is CCC1=CC(CC)=[C]([Ti+2]([CH]2c3cc(C(C)(C)C)ccc3-c3ccc(C(C)(C)C)cc32)=[Si](C)C)C1.[Cl-].[Cl-]. The second-order valence-corrected chi connectivity index (χ2v) is 24.7. The van der Waals surface area contributed by atoms with Crippen LogP contribution >= 0.6 is 0 Å². The Hall–Kier alpha value is -0.569. The Balaban J connectivity index is 0.00000228. The van der Waals surface area contributed by atoms with Gasteiger partial charge in [0.2, 0.25) is 0 Å². The van der Waals surface area contributed by atoms with Crippen LogP contribution in [0, 0.1) is 0 Å². The molecule has 0 nitrogen and oxygen atoms in total. The first-order valence-corrected chi connectivity index (χ1v) is 19.8. The van der Waals surface area contributed by atoms with Crippen molar-refractivity contribution in [2.24, 2.45) is 0 Å². The summed E-state index contributed by atoms with van der Waals surface area (Å²) >= 11 is -1.61. The van der Waals surface area contributed by atoms with Crippen LogP contribution in [-0.2, 0) is 27.4 Å². The number of allylic oxidation sites excluding steroid dienone is 4. The molecule has 36 heavy (non-hydrogen) atoms. The summed E-state index contributed by atoms with van der Waals surface area (Å²) in [5.41, 5.74) is 13.0. The van der Waals surface area contributed by atoms with Gasteiger partial charge < -0.3 is 24.8 Å². The van der Waals surface area contributed by atoms with Gasteiger partial charge in [0.25, 0.3) is 0 Å². The fourth-order valence-corrected chi connectivity index (χ4v) is 18.7. The number of hydrogen-bond donors (Lipinski definition) is 0. The molecule has 0 unspecified atom stereocenters. The summed E-state index contributed by atoms with van der Waals surface area (Å²) in [7, 11) is 0. The van der Waals surface area contributed by atoms with Crippen molar-refractivity contribution in [1.29, 1.82) is 0 Å². The van der Waals surface area contributed by atoms with Crippen LogP contribution in [0.4, 0.5) is 0 Å². The first-order chi connectivity index (χ1) is 15.9. The fourth-order valence-electron chi connectivity index (χ4n) is 5.81. The maximum atomic E-state index is 2.63. The van der Waals surface area contributed by atoms with Gasteiger partial charge in [-0.3, -0.25) is 0 Å².